The van der Waals surface area contributed by atoms with Gasteiger partial charge in [0, 0.05) is 12.6 Å². The first-order valence-corrected chi connectivity index (χ1v) is 6.78. The van der Waals surface area contributed by atoms with Crippen LogP contribution in [0.1, 0.15) is 22.2 Å². The Morgan fingerprint density at radius 1 is 1.20 bits per heavy atom. The maximum Gasteiger partial charge on any atom is 0.265 e. The number of carbonyl (C=O) groups excluding carboxylic acids is 2. The molecule has 20 heavy (non-hydrogen) atoms. The number of hydrogen-bond donors (Lipinski definition) is 3. The van der Waals surface area contributed by atoms with E-state index in [0.717, 1.165) is 5.56 Å². The first-order chi connectivity index (χ1) is 9.58. The topological polar surface area (TPSA) is 78.4 Å². The van der Waals surface area contributed by atoms with E-state index in [2.05, 4.69) is 10.6 Å². The van der Waals surface area contributed by atoms with Gasteiger partial charge in [0.1, 0.15) is 0 Å². The van der Waals surface area contributed by atoms with Gasteiger partial charge in [0.05, 0.1) is 16.5 Å². The highest BCUT2D eigenvalue weighted by molar-refractivity contribution is 7.18. The monoisotopic (exact) mass is 290 g/mol. The third kappa shape index (κ3) is 3.66. The molecule has 0 saturated carbocycles. The number of anilines is 2. The van der Waals surface area contributed by atoms with Crippen molar-refractivity contribution in [2.45, 2.75) is 13.5 Å². The van der Waals surface area contributed by atoms with Crippen LogP contribution in [0.4, 0.5) is 10.7 Å². The largest absolute Gasteiger partial charge is 0.392 e. The van der Waals surface area contributed by atoms with Crippen LogP contribution in [-0.4, -0.2) is 16.9 Å². The molecule has 2 amide bonds. The molecule has 0 atom stereocenters. The molecule has 104 valence electrons. The van der Waals surface area contributed by atoms with E-state index >= 15 is 0 Å². The van der Waals surface area contributed by atoms with Gasteiger partial charge in [0.15, 0.2) is 0 Å². The highest BCUT2D eigenvalue weighted by Gasteiger charge is 2.10. The molecule has 0 radical (unpaired) electrons. The van der Waals surface area contributed by atoms with Crippen LogP contribution in [0.2, 0.25) is 0 Å². The average Bonchev–Trinajstić information content (AvgIpc) is 2.86. The van der Waals surface area contributed by atoms with Crippen LogP contribution in [0.15, 0.2) is 36.4 Å². The number of rotatable bonds is 4. The van der Waals surface area contributed by atoms with Crippen molar-refractivity contribution < 1.29 is 14.7 Å². The van der Waals surface area contributed by atoms with Crippen LogP contribution in [0.25, 0.3) is 0 Å². The Morgan fingerprint density at radius 3 is 2.70 bits per heavy atom. The Bertz CT molecular complexity index is 637. The lowest BCUT2D eigenvalue weighted by Gasteiger charge is -2.05. The van der Waals surface area contributed by atoms with E-state index in [-0.39, 0.29) is 18.4 Å². The third-order valence-corrected chi connectivity index (χ3v) is 3.50. The van der Waals surface area contributed by atoms with E-state index in [9.17, 15) is 9.59 Å². The predicted octanol–water partition coefficient (Wildman–Crippen LogP) is 2.45. The normalized spacial score (nSPS) is 10.1. The Hall–Kier alpha value is -2.18. The molecule has 0 unspecified atom stereocenters. The molecular weight excluding hydrogens is 276 g/mol. The quantitative estimate of drug-likeness (QED) is 0.809. The molecule has 1 aromatic heterocycles. The Morgan fingerprint density at radius 2 is 2.00 bits per heavy atom. The fourth-order valence-electron chi connectivity index (χ4n) is 1.64. The Balaban J connectivity index is 2.07. The number of aliphatic hydroxyl groups is 1. The van der Waals surface area contributed by atoms with Gasteiger partial charge in [-0.25, -0.2) is 0 Å². The van der Waals surface area contributed by atoms with Gasteiger partial charge >= 0.3 is 0 Å². The number of hydrogen-bond acceptors (Lipinski definition) is 4. The molecule has 0 bridgehead atoms. The van der Waals surface area contributed by atoms with Gasteiger partial charge in [-0.2, -0.15) is 0 Å². The number of nitrogens with one attached hydrogen (secondary N) is 2. The molecule has 2 aromatic rings. The SMILES string of the molecule is CC(=O)Nc1ccc(C(=O)Nc2cccc(CO)c2)s1. The molecule has 2 rings (SSSR count). The summed E-state index contributed by atoms with van der Waals surface area (Å²) in [6.07, 6.45) is 0. The first-order valence-electron chi connectivity index (χ1n) is 5.97. The maximum absolute atomic E-state index is 12.0. The Kier molecular flexibility index (Phi) is 4.49. The van der Waals surface area contributed by atoms with Crippen molar-refractivity contribution in [3.63, 3.8) is 0 Å². The van der Waals surface area contributed by atoms with Crippen LogP contribution < -0.4 is 10.6 Å². The summed E-state index contributed by atoms with van der Waals surface area (Å²) in [7, 11) is 0. The van der Waals surface area contributed by atoms with Crippen molar-refractivity contribution in [3.8, 4) is 0 Å². The summed E-state index contributed by atoms with van der Waals surface area (Å²) >= 11 is 1.21. The van der Waals surface area contributed by atoms with Gasteiger partial charge in [0.2, 0.25) is 5.91 Å². The summed E-state index contributed by atoms with van der Waals surface area (Å²) < 4.78 is 0. The van der Waals surface area contributed by atoms with Gasteiger partial charge in [-0.15, -0.1) is 11.3 Å². The first kappa shape index (κ1) is 14.2. The minimum absolute atomic E-state index is 0.0740. The van der Waals surface area contributed by atoms with E-state index in [1.807, 2.05) is 0 Å². The van der Waals surface area contributed by atoms with E-state index in [1.165, 1.54) is 18.3 Å². The smallest absolute Gasteiger partial charge is 0.265 e. The molecular formula is C14H14N2O3S. The summed E-state index contributed by atoms with van der Waals surface area (Å²) in [4.78, 5) is 23.5. The minimum atomic E-state index is -0.248. The summed E-state index contributed by atoms with van der Waals surface area (Å²) in [5, 5.41) is 15.1. The van der Waals surface area contributed by atoms with Crippen LogP contribution >= 0.6 is 11.3 Å². The zero-order valence-corrected chi connectivity index (χ0v) is 11.7. The molecule has 5 nitrogen and oxygen atoms in total. The van der Waals surface area contributed by atoms with Crippen molar-refractivity contribution in [3.05, 3.63) is 46.8 Å². The van der Waals surface area contributed by atoms with Crippen LogP contribution in [0.5, 0.6) is 0 Å². The lowest BCUT2D eigenvalue weighted by molar-refractivity contribution is -0.114. The second kappa shape index (κ2) is 6.31. The number of carbonyl (C=O) groups is 2. The number of amides is 2. The van der Waals surface area contributed by atoms with Gasteiger partial charge in [0.25, 0.3) is 5.91 Å². The van der Waals surface area contributed by atoms with Crippen LogP contribution in [-0.2, 0) is 11.4 Å². The molecule has 6 heteroatoms. The second-order valence-corrected chi connectivity index (χ2v) is 5.24. The van der Waals surface area contributed by atoms with E-state index in [1.54, 1.807) is 36.4 Å². The highest BCUT2D eigenvalue weighted by Crippen LogP contribution is 2.23. The van der Waals surface area contributed by atoms with E-state index < -0.39 is 0 Å². The number of benzene rings is 1. The Labute approximate surface area is 120 Å². The zero-order valence-electron chi connectivity index (χ0n) is 10.8. The summed E-state index contributed by atoms with van der Waals surface area (Å²) in [5.41, 5.74) is 1.35. The highest BCUT2D eigenvalue weighted by atomic mass is 32.1. The van der Waals surface area contributed by atoms with Crippen molar-refractivity contribution >= 4 is 33.8 Å². The average molecular weight is 290 g/mol. The molecule has 0 fully saturated rings. The summed E-state index contributed by atoms with van der Waals surface area (Å²) in [5.74, 6) is -0.420. The molecule has 0 aliphatic rings. The molecule has 0 aliphatic heterocycles. The van der Waals surface area contributed by atoms with Crippen molar-refractivity contribution in [1.29, 1.82) is 0 Å². The standard InChI is InChI=1S/C14H14N2O3S/c1-9(18)15-13-6-5-12(20-13)14(19)16-11-4-2-3-10(7-11)8-17/h2-7,17H,8H2,1H3,(H,15,18)(H,16,19). The third-order valence-electron chi connectivity index (χ3n) is 2.50. The van der Waals surface area contributed by atoms with Crippen LogP contribution in [0, 0.1) is 0 Å². The number of thiophene rings is 1. The number of aliphatic hydroxyl groups excluding tert-OH is 1. The van der Waals surface area contributed by atoms with Gasteiger partial charge in [-0.05, 0) is 29.8 Å². The van der Waals surface area contributed by atoms with Crippen molar-refractivity contribution in [1.82, 2.24) is 0 Å². The molecule has 1 aromatic carbocycles. The zero-order chi connectivity index (χ0) is 14.5. The van der Waals surface area contributed by atoms with Crippen molar-refractivity contribution in [2.75, 3.05) is 10.6 Å². The lowest BCUT2D eigenvalue weighted by Crippen LogP contribution is -2.10. The summed E-state index contributed by atoms with van der Waals surface area (Å²) in [6.45, 7) is 1.34. The van der Waals surface area contributed by atoms with Gasteiger partial charge in [-0.1, -0.05) is 12.1 Å². The van der Waals surface area contributed by atoms with E-state index in [4.69, 9.17) is 5.11 Å². The van der Waals surface area contributed by atoms with Gasteiger partial charge < -0.3 is 15.7 Å². The van der Waals surface area contributed by atoms with Crippen LogP contribution in [0.3, 0.4) is 0 Å². The molecule has 1 heterocycles. The lowest BCUT2D eigenvalue weighted by atomic mass is 10.2. The summed E-state index contributed by atoms with van der Waals surface area (Å²) in [6, 6.07) is 10.3. The fraction of sp³-hybridized carbons (Fsp3) is 0.143. The predicted molar refractivity (Wildman–Crippen MR) is 78.9 cm³/mol. The van der Waals surface area contributed by atoms with Crippen molar-refractivity contribution in [2.24, 2.45) is 0 Å². The maximum atomic E-state index is 12.0. The minimum Gasteiger partial charge on any atom is -0.392 e. The molecule has 0 saturated heterocycles. The molecule has 0 aliphatic carbocycles. The van der Waals surface area contributed by atoms with Gasteiger partial charge in [-0.3, -0.25) is 9.59 Å². The second-order valence-electron chi connectivity index (χ2n) is 4.16. The molecule has 0 spiro atoms. The van der Waals surface area contributed by atoms with E-state index in [0.29, 0.717) is 15.6 Å². The fourth-order valence-corrected chi connectivity index (χ4v) is 2.49. The molecule has 3 N–H and O–H groups in total.